The lowest BCUT2D eigenvalue weighted by Gasteiger charge is -2.13. The second-order valence-electron chi connectivity index (χ2n) is 4.13. The van der Waals surface area contributed by atoms with Gasteiger partial charge in [0.2, 0.25) is 0 Å². The Morgan fingerprint density at radius 3 is 2.21 bits per heavy atom. The maximum absolute atomic E-state index is 3.39. The van der Waals surface area contributed by atoms with Gasteiger partial charge in [-0.05, 0) is 31.9 Å². The highest BCUT2D eigenvalue weighted by molar-refractivity contribution is 5.30. The summed E-state index contributed by atoms with van der Waals surface area (Å²) in [6.45, 7) is 10.9. The summed E-state index contributed by atoms with van der Waals surface area (Å²) < 4.78 is 0. The number of likely N-dealkylation sites (N-methyl/N-ethyl adjacent to an activating group) is 1. The summed E-state index contributed by atoms with van der Waals surface area (Å²) in [5.41, 5.74) is 4.18. The molecule has 0 radical (unpaired) electrons. The maximum atomic E-state index is 3.39. The molecule has 1 aromatic carbocycles. The monoisotopic (exact) mass is 191 g/mol. The van der Waals surface area contributed by atoms with E-state index in [0.29, 0.717) is 5.92 Å². The molecule has 0 bridgehead atoms. The van der Waals surface area contributed by atoms with Crippen LogP contribution in [0.1, 0.15) is 36.5 Å². The number of benzene rings is 1. The van der Waals surface area contributed by atoms with Crippen LogP contribution in [-0.2, 0) is 0 Å². The molecule has 0 aliphatic carbocycles. The van der Waals surface area contributed by atoms with Crippen molar-refractivity contribution >= 4 is 0 Å². The zero-order valence-electron chi connectivity index (χ0n) is 9.72. The lowest BCUT2D eigenvalue weighted by Crippen LogP contribution is -2.19. The van der Waals surface area contributed by atoms with Gasteiger partial charge in [-0.1, -0.05) is 43.2 Å². The fourth-order valence-electron chi connectivity index (χ4n) is 1.77. The van der Waals surface area contributed by atoms with Crippen molar-refractivity contribution in [1.82, 2.24) is 5.32 Å². The minimum absolute atomic E-state index is 0.605. The summed E-state index contributed by atoms with van der Waals surface area (Å²) in [6, 6.07) is 6.80. The van der Waals surface area contributed by atoms with Crippen LogP contribution in [0.5, 0.6) is 0 Å². The van der Waals surface area contributed by atoms with E-state index < -0.39 is 0 Å². The first-order chi connectivity index (χ1) is 6.63. The lowest BCUT2D eigenvalue weighted by molar-refractivity contribution is 0.634. The average molecular weight is 191 g/mol. The van der Waals surface area contributed by atoms with E-state index in [-0.39, 0.29) is 0 Å². The summed E-state index contributed by atoms with van der Waals surface area (Å²) in [5, 5.41) is 3.39. The van der Waals surface area contributed by atoms with Gasteiger partial charge < -0.3 is 5.32 Å². The van der Waals surface area contributed by atoms with Crippen molar-refractivity contribution in [3.63, 3.8) is 0 Å². The molecule has 14 heavy (non-hydrogen) atoms. The minimum atomic E-state index is 0.605. The largest absolute Gasteiger partial charge is 0.316 e. The van der Waals surface area contributed by atoms with Crippen LogP contribution in [0.25, 0.3) is 0 Å². The molecule has 0 saturated carbocycles. The van der Waals surface area contributed by atoms with Crippen LogP contribution < -0.4 is 5.32 Å². The fourth-order valence-corrected chi connectivity index (χ4v) is 1.77. The summed E-state index contributed by atoms with van der Waals surface area (Å²) in [7, 11) is 0. The molecule has 0 heterocycles. The van der Waals surface area contributed by atoms with Crippen LogP contribution in [0.4, 0.5) is 0 Å². The highest BCUT2D eigenvalue weighted by Crippen LogP contribution is 2.17. The molecule has 1 aromatic rings. The molecule has 1 nitrogen and oxygen atoms in total. The molecule has 1 atom stereocenters. The Kier molecular flexibility index (Phi) is 4.15. The Balaban J connectivity index is 2.73. The van der Waals surface area contributed by atoms with E-state index in [0.717, 1.165) is 13.1 Å². The molecule has 1 N–H and O–H groups in total. The number of rotatable bonds is 4. The second kappa shape index (κ2) is 5.16. The second-order valence-corrected chi connectivity index (χ2v) is 4.13. The number of nitrogens with one attached hydrogen (secondary N) is 1. The summed E-state index contributed by atoms with van der Waals surface area (Å²) in [4.78, 5) is 0. The molecule has 1 rings (SSSR count). The number of aryl methyl sites for hydroxylation is 2. The van der Waals surface area contributed by atoms with Crippen molar-refractivity contribution in [2.24, 2.45) is 0 Å². The molecule has 0 saturated heterocycles. The van der Waals surface area contributed by atoms with E-state index in [9.17, 15) is 0 Å². The van der Waals surface area contributed by atoms with Gasteiger partial charge in [0.15, 0.2) is 0 Å². The molecular weight excluding hydrogens is 170 g/mol. The Labute approximate surface area is 87.5 Å². The molecule has 0 fully saturated rings. The Morgan fingerprint density at radius 2 is 1.71 bits per heavy atom. The first-order valence-corrected chi connectivity index (χ1v) is 5.42. The number of hydrogen-bond donors (Lipinski definition) is 1. The van der Waals surface area contributed by atoms with E-state index in [2.05, 4.69) is 51.2 Å². The van der Waals surface area contributed by atoms with Gasteiger partial charge in [-0.15, -0.1) is 0 Å². The van der Waals surface area contributed by atoms with Gasteiger partial charge in [0.1, 0.15) is 0 Å². The SMILES string of the molecule is CCNCC(C)c1cc(C)cc(C)c1. The Morgan fingerprint density at radius 1 is 1.14 bits per heavy atom. The highest BCUT2D eigenvalue weighted by Gasteiger charge is 2.05. The predicted molar refractivity (Wildman–Crippen MR) is 62.9 cm³/mol. The van der Waals surface area contributed by atoms with Crippen LogP contribution in [0.3, 0.4) is 0 Å². The topological polar surface area (TPSA) is 12.0 Å². The zero-order chi connectivity index (χ0) is 10.6. The van der Waals surface area contributed by atoms with E-state index in [1.54, 1.807) is 0 Å². The third-order valence-electron chi connectivity index (χ3n) is 2.51. The first-order valence-electron chi connectivity index (χ1n) is 5.42. The first kappa shape index (κ1) is 11.3. The van der Waals surface area contributed by atoms with Crippen LogP contribution in [0.15, 0.2) is 18.2 Å². The smallest absolute Gasteiger partial charge is 0.00173 e. The van der Waals surface area contributed by atoms with Gasteiger partial charge in [0, 0.05) is 6.54 Å². The van der Waals surface area contributed by atoms with E-state index in [1.165, 1.54) is 16.7 Å². The molecular formula is C13H21N. The fraction of sp³-hybridized carbons (Fsp3) is 0.538. The Bertz CT molecular complexity index is 271. The third-order valence-corrected chi connectivity index (χ3v) is 2.51. The summed E-state index contributed by atoms with van der Waals surface area (Å²) in [6.07, 6.45) is 0. The van der Waals surface area contributed by atoms with Gasteiger partial charge in [-0.25, -0.2) is 0 Å². The molecule has 1 heteroatoms. The maximum Gasteiger partial charge on any atom is 0.00173 e. The van der Waals surface area contributed by atoms with E-state index in [4.69, 9.17) is 0 Å². The van der Waals surface area contributed by atoms with Crippen molar-refractivity contribution in [3.05, 3.63) is 34.9 Å². The van der Waals surface area contributed by atoms with Crippen molar-refractivity contribution < 1.29 is 0 Å². The van der Waals surface area contributed by atoms with Gasteiger partial charge >= 0.3 is 0 Å². The van der Waals surface area contributed by atoms with Gasteiger partial charge in [0.05, 0.1) is 0 Å². The molecule has 0 aromatic heterocycles. The van der Waals surface area contributed by atoms with Crippen LogP contribution in [0.2, 0.25) is 0 Å². The Hall–Kier alpha value is -0.820. The minimum Gasteiger partial charge on any atom is -0.316 e. The standard InChI is InChI=1S/C13H21N/c1-5-14-9-12(4)13-7-10(2)6-11(3)8-13/h6-8,12,14H,5,9H2,1-4H3. The van der Waals surface area contributed by atoms with Crippen molar-refractivity contribution in [1.29, 1.82) is 0 Å². The average Bonchev–Trinajstić information content (AvgIpc) is 2.12. The van der Waals surface area contributed by atoms with Gasteiger partial charge in [-0.2, -0.15) is 0 Å². The zero-order valence-corrected chi connectivity index (χ0v) is 9.72. The third kappa shape index (κ3) is 3.15. The van der Waals surface area contributed by atoms with Crippen LogP contribution in [-0.4, -0.2) is 13.1 Å². The van der Waals surface area contributed by atoms with E-state index in [1.807, 2.05) is 0 Å². The molecule has 78 valence electrons. The molecule has 1 unspecified atom stereocenters. The summed E-state index contributed by atoms with van der Waals surface area (Å²) >= 11 is 0. The molecule has 0 aliphatic heterocycles. The van der Waals surface area contributed by atoms with Crippen LogP contribution >= 0.6 is 0 Å². The molecule has 0 spiro atoms. The normalized spacial score (nSPS) is 12.9. The van der Waals surface area contributed by atoms with Crippen molar-refractivity contribution in [3.8, 4) is 0 Å². The quantitative estimate of drug-likeness (QED) is 0.771. The van der Waals surface area contributed by atoms with Crippen molar-refractivity contribution in [2.75, 3.05) is 13.1 Å². The molecule has 0 amide bonds. The van der Waals surface area contributed by atoms with E-state index >= 15 is 0 Å². The predicted octanol–water partition coefficient (Wildman–Crippen LogP) is 3.02. The van der Waals surface area contributed by atoms with Crippen molar-refractivity contribution in [2.45, 2.75) is 33.6 Å². The van der Waals surface area contributed by atoms with Crippen LogP contribution in [0, 0.1) is 13.8 Å². The lowest BCUT2D eigenvalue weighted by atomic mass is 9.97. The summed E-state index contributed by atoms with van der Waals surface area (Å²) in [5.74, 6) is 0.605. The van der Waals surface area contributed by atoms with Gasteiger partial charge in [-0.3, -0.25) is 0 Å². The molecule has 0 aliphatic rings. The highest BCUT2D eigenvalue weighted by atomic mass is 14.8. The number of hydrogen-bond acceptors (Lipinski definition) is 1. The van der Waals surface area contributed by atoms with Gasteiger partial charge in [0.25, 0.3) is 0 Å².